The van der Waals surface area contributed by atoms with Crippen molar-refractivity contribution in [3.05, 3.63) is 29.3 Å². The molecule has 0 saturated carbocycles. The van der Waals surface area contributed by atoms with Crippen LogP contribution in [0, 0.1) is 18.3 Å². The maximum absolute atomic E-state index is 9.93. The van der Waals surface area contributed by atoms with Crippen LogP contribution < -0.4 is 17.0 Å². The van der Waals surface area contributed by atoms with Crippen LogP contribution in [0.5, 0.6) is 5.75 Å². The molecule has 1 fully saturated rings. The number of fused-ring (bicyclic) bond motifs is 4. The maximum atomic E-state index is 9.93. The number of hydrogen-bond donors (Lipinski definition) is 1. The number of quaternary nitrogens is 1. The van der Waals surface area contributed by atoms with E-state index in [9.17, 15) is 5.11 Å². The van der Waals surface area contributed by atoms with Crippen molar-refractivity contribution >= 4 is 0 Å². The topological polar surface area (TPSA) is 20.2 Å². The molecule has 0 radical (unpaired) electrons. The Balaban J connectivity index is 0.00000192. The van der Waals surface area contributed by atoms with E-state index >= 15 is 0 Å². The molecule has 2 nitrogen and oxygen atoms in total. The number of nitrogens with zero attached hydrogens (tertiary/aromatic N) is 1. The molecule has 2 aliphatic rings. The first-order valence-corrected chi connectivity index (χ1v) is 8.58. The Labute approximate surface area is 151 Å². The van der Waals surface area contributed by atoms with Crippen LogP contribution in [0.3, 0.4) is 0 Å². The summed E-state index contributed by atoms with van der Waals surface area (Å²) in [5.74, 6) is 3.96. The summed E-state index contributed by atoms with van der Waals surface area (Å²) in [7, 11) is 0. The summed E-state index contributed by atoms with van der Waals surface area (Å²) >= 11 is 0. The van der Waals surface area contributed by atoms with Gasteiger partial charge in [0.05, 0.1) is 19.1 Å². The lowest BCUT2D eigenvalue weighted by Crippen LogP contribution is -3.00. The molecule has 3 heteroatoms. The van der Waals surface area contributed by atoms with Crippen LogP contribution in [0.2, 0.25) is 0 Å². The summed E-state index contributed by atoms with van der Waals surface area (Å²) in [5.41, 5.74) is 2.95. The first kappa shape index (κ1) is 18.4. The fourth-order valence-corrected chi connectivity index (χ4v) is 5.18. The second kappa shape index (κ2) is 6.49. The monoisotopic (exact) mass is 377 g/mol. The zero-order valence-electron chi connectivity index (χ0n) is 14.5. The smallest absolute Gasteiger partial charge is 0.140 e. The fourth-order valence-electron chi connectivity index (χ4n) is 5.18. The zero-order valence-corrected chi connectivity index (χ0v) is 16.1. The molecule has 2 bridgehead atoms. The van der Waals surface area contributed by atoms with Crippen molar-refractivity contribution < 1.29 is 26.6 Å². The molecule has 1 aromatic rings. The number of aromatic hydroxyl groups is 1. The van der Waals surface area contributed by atoms with Gasteiger partial charge in [-0.3, -0.25) is 0 Å². The first-order chi connectivity index (χ1) is 10.5. The highest BCUT2D eigenvalue weighted by Crippen LogP contribution is 2.51. The first-order valence-electron chi connectivity index (χ1n) is 8.58. The van der Waals surface area contributed by atoms with Gasteiger partial charge >= 0.3 is 0 Å². The lowest BCUT2D eigenvalue weighted by atomic mass is 9.58. The minimum absolute atomic E-state index is 0. The molecule has 1 aliphatic carbocycles. The molecule has 1 aromatic carbocycles. The van der Waals surface area contributed by atoms with Crippen molar-refractivity contribution in [2.75, 3.05) is 19.6 Å². The average molecular weight is 378 g/mol. The van der Waals surface area contributed by atoms with Crippen LogP contribution in [0.25, 0.3) is 0 Å². The van der Waals surface area contributed by atoms with E-state index in [0.717, 1.165) is 23.9 Å². The number of benzene rings is 1. The van der Waals surface area contributed by atoms with Gasteiger partial charge in [0.15, 0.2) is 0 Å². The van der Waals surface area contributed by atoms with E-state index in [2.05, 4.69) is 32.8 Å². The van der Waals surface area contributed by atoms with Crippen molar-refractivity contribution in [1.29, 1.82) is 0 Å². The van der Waals surface area contributed by atoms with Crippen molar-refractivity contribution in [2.24, 2.45) is 5.92 Å². The molecule has 1 aliphatic heterocycles. The van der Waals surface area contributed by atoms with Gasteiger partial charge in [-0.2, -0.15) is 0 Å². The van der Waals surface area contributed by atoms with E-state index in [-0.39, 0.29) is 22.4 Å². The Morgan fingerprint density at radius 3 is 2.83 bits per heavy atom. The Kier molecular flexibility index (Phi) is 5.18. The third kappa shape index (κ3) is 2.71. The van der Waals surface area contributed by atoms with Gasteiger partial charge in [-0.15, -0.1) is 6.42 Å². The van der Waals surface area contributed by atoms with Gasteiger partial charge in [0, 0.05) is 24.2 Å². The quantitative estimate of drug-likeness (QED) is 0.599. The predicted octanol–water partition coefficient (Wildman–Crippen LogP) is 0.478. The van der Waals surface area contributed by atoms with Crippen LogP contribution in [0.4, 0.5) is 0 Å². The second-order valence-electron chi connectivity index (χ2n) is 7.60. The summed E-state index contributed by atoms with van der Waals surface area (Å²) < 4.78 is 1.09. The highest BCUT2D eigenvalue weighted by molar-refractivity contribution is 5.43. The molecule has 23 heavy (non-hydrogen) atoms. The number of rotatable bonds is 3. The lowest BCUT2D eigenvalue weighted by Gasteiger charge is -2.59. The van der Waals surface area contributed by atoms with Crippen LogP contribution in [0.1, 0.15) is 44.7 Å². The van der Waals surface area contributed by atoms with Gasteiger partial charge in [-0.05, 0) is 35.6 Å². The number of phenols is 1. The van der Waals surface area contributed by atoms with Crippen LogP contribution in [0.15, 0.2) is 18.2 Å². The molecule has 0 amide bonds. The number of phenolic OH excluding ortho intramolecular Hbond substituents is 1. The lowest BCUT2D eigenvalue weighted by molar-refractivity contribution is -0.955. The molecule has 1 N–H and O–H groups in total. The summed E-state index contributed by atoms with van der Waals surface area (Å²) in [6, 6.07) is 6.57. The average Bonchev–Trinajstić information content (AvgIpc) is 2.48. The third-order valence-corrected chi connectivity index (χ3v) is 6.58. The van der Waals surface area contributed by atoms with Gasteiger partial charge in [0.25, 0.3) is 0 Å². The Hall–Kier alpha value is -0.980. The summed E-state index contributed by atoms with van der Waals surface area (Å²) in [4.78, 5) is 0. The molecular weight excluding hydrogens is 350 g/mol. The van der Waals surface area contributed by atoms with E-state index in [4.69, 9.17) is 6.42 Å². The molecule has 2 unspecified atom stereocenters. The van der Waals surface area contributed by atoms with Gasteiger partial charge in [0.1, 0.15) is 12.3 Å². The number of likely N-dealkylation sites (tertiary alicyclic amines) is 1. The predicted molar refractivity (Wildman–Crippen MR) is 90.7 cm³/mol. The van der Waals surface area contributed by atoms with Gasteiger partial charge in [0.2, 0.25) is 0 Å². The van der Waals surface area contributed by atoms with E-state index < -0.39 is 0 Å². The third-order valence-electron chi connectivity index (χ3n) is 6.58. The van der Waals surface area contributed by atoms with Gasteiger partial charge in [-0.1, -0.05) is 26.8 Å². The van der Waals surface area contributed by atoms with Crippen LogP contribution >= 0.6 is 0 Å². The number of hydrogen-bond acceptors (Lipinski definition) is 1. The SMILES string of the molecule is C#CC[N+]1(CCC)CC[C@]2(C)c3cc(O)ccc3C[C@@H]1C2C.[Br-]. The molecular formula is C20H28BrNO. The van der Waals surface area contributed by atoms with Crippen molar-refractivity contribution in [3.8, 4) is 18.1 Å². The van der Waals surface area contributed by atoms with Gasteiger partial charge < -0.3 is 26.6 Å². The molecule has 1 saturated heterocycles. The van der Waals surface area contributed by atoms with E-state index in [1.807, 2.05) is 12.1 Å². The van der Waals surface area contributed by atoms with Crippen molar-refractivity contribution in [3.63, 3.8) is 0 Å². The normalized spacial score (nSPS) is 34.9. The minimum Gasteiger partial charge on any atom is -1.00 e. The highest BCUT2D eigenvalue weighted by Gasteiger charge is 2.55. The zero-order chi connectivity index (χ0) is 16.0. The number of halogens is 1. The highest BCUT2D eigenvalue weighted by atomic mass is 79.9. The molecule has 1 heterocycles. The van der Waals surface area contributed by atoms with Crippen LogP contribution in [-0.4, -0.2) is 35.3 Å². The van der Waals surface area contributed by atoms with Gasteiger partial charge in [-0.25, -0.2) is 0 Å². The summed E-state index contributed by atoms with van der Waals surface area (Å²) in [6.45, 7) is 10.3. The minimum atomic E-state index is 0. The standard InChI is InChI=1S/C20H27NO.BrH/c1-5-10-21(11-6-2)12-9-20(4)15(3)19(21)13-16-7-8-17(22)14-18(16)20;/h1,7-8,14-15,19H,6,9-13H2,2-4H3;1H/t15?,19-,20+,21?;/m1./s1. The van der Waals surface area contributed by atoms with Crippen molar-refractivity contribution in [2.45, 2.75) is 51.5 Å². The molecule has 4 atom stereocenters. The van der Waals surface area contributed by atoms with Crippen molar-refractivity contribution in [1.82, 2.24) is 0 Å². The number of piperidine rings is 1. The molecule has 0 spiro atoms. The second-order valence-corrected chi connectivity index (χ2v) is 7.60. The van der Waals surface area contributed by atoms with E-state index in [1.165, 1.54) is 30.6 Å². The Morgan fingerprint density at radius 1 is 1.43 bits per heavy atom. The molecule has 0 aromatic heterocycles. The number of terminal acetylenes is 1. The summed E-state index contributed by atoms with van der Waals surface area (Å²) in [6.07, 6.45) is 9.17. The van der Waals surface area contributed by atoms with E-state index in [0.29, 0.717) is 17.7 Å². The molecule has 126 valence electrons. The Bertz CT molecular complexity index is 623. The van der Waals surface area contributed by atoms with Crippen LogP contribution in [-0.2, 0) is 11.8 Å². The Morgan fingerprint density at radius 2 is 2.17 bits per heavy atom. The maximum Gasteiger partial charge on any atom is 0.140 e. The van der Waals surface area contributed by atoms with E-state index in [1.54, 1.807) is 0 Å². The molecule has 3 rings (SSSR count). The largest absolute Gasteiger partial charge is 1.00 e. The summed E-state index contributed by atoms with van der Waals surface area (Å²) in [5, 5.41) is 9.93. The fraction of sp³-hybridized carbons (Fsp3) is 0.600.